The molecule has 0 aromatic carbocycles. The largest absolute Gasteiger partial charge is 0.409 e. The highest BCUT2D eigenvalue weighted by molar-refractivity contribution is 5.81. The van der Waals surface area contributed by atoms with Gasteiger partial charge in [-0.05, 0) is 19.0 Å². The van der Waals surface area contributed by atoms with E-state index >= 15 is 0 Å². The lowest BCUT2D eigenvalue weighted by Crippen LogP contribution is -2.30. The third-order valence-corrected chi connectivity index (χ3v) is 1.73. The summed E-state index contributed by atoms with van der Waals surface area (Å²) in [5.41, 5.74) is 5.27. The van der Waals surface area contributed by atoms with Gasteiger partial charge in [-0.25, -0.2) is 0 Å². The van der Waals surface area contributed by atoms with Gasteiger partial charge in [0.2, 0.25) is 0 Å². The molecule has 1 aromatic rings. The van der Waals surface area contributed by atoms with Crippen LogP contribution < -0.4 is 11.1 Å². The normalized spacial score (nSPS) is 11.9. The quantitative estimate of drug-likeness (QED) is 0.190. The smallest absolute Gasteiger partial charge is 0.153 e. The lowest BCUT2D eigenvalue weighted by Gasteiger charge is -2.03. The third kappa shape index (κ3) is 3.90. The number of nitrogens with one attached hydrogen (secondary N) is 1. The van der Waals surface area contributed by atoms with Crippen molar-refractivity contribution in [3.05, 3.63) is 18.5 Å². The standard InChI is InChI=1S/C8H15N5O/c9-8(12-14)7-10-3-1-5-13-6-2-4-11-13/h2,4,6,10,14H,1,3,5,7H2,(H2,9,12). The van der Waals surface area contributed by atoms with Gasteiger partial charge < -0.3 is 16.3 Å². The molecule has 78 valence electrons. The summed E-state index contributed by atoms with van der Waals surface area (Å²) in [6.07, 6.45) is 4.63. The molecule has 14 heavy (non-hydrogen) atoms. The highest BCUT2D eigenvalue weighted by atomic mass is 16.4. The summed E-state index contributed by atoms with van der Waals surface area (Å²) in [5.74, 6) is 0.198. The van der Waals surface area contributed by atoms with Crippen LogP contribution in [-0.4, -0.2) is 33.9 Å². The van der Waals surface area contributed by atoms with E-state index < -0.39 is 0 Å². The molecule has 0 radical (unpaired) electrons. The van der Waals surface area contributed by atoms with Crippen molar-refractivity contribution in [2.45, 2.75) is 13.0 Å². The monoisotopic (exact) mass is 197 g/mol. The van der Waals surface area contributed by atoms with Crippen molar-refractivity contribution < 1.29 is 5.21 Å². The van der Waals surface area contributed by atoms with E-state index in [9.17, 15) is 0 Å². The van der Waals surface area contributed by atoms with E-state index in [1.54, 1.807) is 6.20 Å². The van der Waals surface area contributed by atoms with Crippen LogP contribution in [0.1, 0.15) is 6.42 Å². The molecule has 0 fully saturated rings. The van der Waals surface area contributed by atoms with Crippen LogP contribution in [0.4, 0.5) is 0 Å². The van der Waals surface area contributed by atoms with Gasteiger partial charge in [-0.15, -0.1) is 0 Å². The summed E-state index contributed by atoms with van der Waals surface area (Å²) in [5, 5.41) is 18.2. The predicted molar refractivity (Wildman–Crippen MR) is 53.1 cm³/mol. The molecule has 0 atom stereocenters. The molecule has 0 spiro atoms. The minimum absolute atomic E-state index is 0.198. The van der Waals surface area contributed by atoms with Crippen LogP contribution in [0.3, 0.4) is 0 Å². The Morgan fingerprint density at radius 2 is 2.50 bits per heavy atom. The van der Waals surface area contributed by atoms with Gasteiger partial charge in [-0.2, -0.15) is 5.10 Å². The summed E-state index contributed by atoms with van der Waals surface area (Å²) in [4.78, 5) is 0. The highest BCUT2D eigenvalue weighted by Crippen LogP contribution is 1.87. The summed E-state index contributed by atoms with van der Waals surface area (Å²) >= 11 is 0. The second-order valence-electron chi connectivity index (χ2n) is 2.89. The zero-order valence-corrected chi connectivity index (χ0v) is 7.93. The maximum atomic E-state index is 8.25. The Bertz CT molecular complexity index is 269. The van der Waals surface area contributed by atoms with Gasteiger partial charge in [0.15, 0.2) is 5.84 Å². The van der Waals surface area contributed by atoms with Gasteiger partial charge in [0, 0.05) is 18.9 Å². The second-order valence-corrected chi connectivity index (χ2v) is 2.89. The fraction of sp³-hybridized carbons (Fsp3) is 0.500. The van der Waals surface area contributed by atoms with Crippen LogP contribution in [-0.2, 0) is 6.54 Å². The Morgan fingerprint density at radius 1 is 1.64 bits per heavy atom. The van der Waals surface area contributed by atoms with Crippen LogP contribution in [0.5, 0.6) is 0 Å². The first kappa shape index (κ1) is 10.5. The number of nitrogens with zero attached hydrogens (tertiary/aromatic N) is 3. The minimum Gasteiger partial charge on any atom is -0.409 e. The summed E-state index contributed by atoms with van der Waals surface area (Å²) in [6, 6.07) is 1.89. The summed E-state index contributed by atoms with van der Waals surface area (Å²) in [7, 11) is 0. The van der Waals surface area contributed by atoms with E-state index in [-0.39, 0.29) is 5.84 Å². The Kier molecular flexibility index (Phi) is 4.49. The number of aromatic nitrogens is 2. The Morgan fingerprint density at radius 3 is 3.14 bits per heavy atom. The fourth-order valence-electron chi connectivity index (χ4n) is 1.05. The number of rotatable bonds is 6. The molecular weight excluding hydrogens is 182 g/mol. The molecule has 0 bridgehead atoms. The first-order valence-corrected chi connectivity index (χ1v) is 4.47. The van der Waals surface area contributed by atoms with Gasteiger partial charge in [0.1, 0.15) is 0 Å². The summed E-state index contributed by atoms with van der Waals surface area (Å²) < 4.78 is 1.87. The average Bonchev–Trinajstić information content (AvgIpc) is 2.69. The molecule has 0 saturated heterocycles. The zero-order valence-electron chi connectivity index (χ0n) is 7.93. The van der Waals surface area contributed by atoms with Crippen molar-refractivity contribution in [3.8, 4) is 0 Å². The van der Waals surface area contributed by atoms with E-state index in [0.717, 1.165) is 19.5 Å². The lowest BCUT2D eigenvalue weighted by molar-refractivity contribution is 0.317. The molecule has 0 aliphatic heterocycles. The topological polar surface area (TPSA) is 88.5 Å². The minimum atomic E-state index is 0.198. The van der Waals surface area contributed by atoms with Gasteiger partial charge in [-0.1, -0.05) is 5.16 Å². The average molecular weight is 197 g/mol. The molecule has 1 aromatic heterocycles. The van der Waals surface area contributed by atoms with E-state index in [4.69, 9.17) is 10.9 Å². The maximum absolute atomic E-state index is 8.25. The Labute approximate surface area is 82.4 Å². The van der Waals surface area contributed by atoms with Gasteiger partial charge >= 0.3 is 0 Å². The van der Waals surface area contributed by atoms with E-state index in [2.05, 4.69) is 15.6 Å². The zero-order chi connectivity index (χ0) is 10.2. The van der Waals surface area contributed by atoms with Gasteiger partial charge in [0.05, 0.1) is 6.54 Å². The second kappa shape index (κ2) is 5.98. The number of hydrogen-bond donors (Lipinski definition) is 3. The predicted octanol–water partition coefficient (Wildman–Crippen LogP) is -0.391. The van der Waals surface area contributed by atoms with E-state index in [1.165, 1.54) is 0 Å². The molecule has 6 heteroatoms. The van der Waals surface area contributed by atoms with Crippen LogP contribution in [0.25, 0.3) is 0 Å². The van der Waals surface area contributed by atoms with E-state index in [0.29, 0.717) is 6.54 Å². The van der Waals surface area contributed by atoms with Crippen molar-refractivity contribution in [2.24, 2.45) is 10.9 Å². The molecular formula is C8H15N5O. The first-order valence-electron chi connectivity index (χ1n) is 4.47. The van der Waals surface area contributed by atoms with Crippen LogP contribution in [0.15, 0.2) is 23.6 Å². The van der Waals surface area contributed by atoms with Gasteiger partial charge in [-0.3, -0.25) is 4.68 Å². The fourth-order valence-corrected chi connectivity index (χ4v) is 1.05. The van der Waals surface area contributed by atoms with Crippen molar-refractivity contribution in [2.75, 3.05) is 13.1 Å². The van der Waals surface area contributed by atoms with Crippen molar-refractivity contribution in [1.82, 2.24) is 15.1 Å². The molecule has 0 saturated carbocycles. The Hall–Kier alpha value is -1.56. The van der Waals surface area contributed by atoms with Crippen LogP contribution in [0.2, 0.25) is 0 Å². The molecule has 0 aliphatic carbocycles. The van der Waals surface area contributed by atoms with E-state index in [1.807, 2.05) is 16.9 Å². The first-order chi connectivity index (χ1) is 6.83. The highest BCUT2D eigenvalue weighted by Gasteiger charge is 1.93. The lowest BCUT2D eigenvalue weighted by atomic mass is 10.4. The Balaban J connectivity index is 2.00. The number of nitrogens with two attached hydrogens (primary N) is 1. The molecule has 1 rings (SSSR count). The van der Waals surface area contributed by atoms with Gasteiger partial charge in [0.25, 0.3) is 0 Å². The van der Waals surface area contributed by atoms with Crippen molar-refractivity contribution >= 4 is 5.84 Å². The van der Waals surface area contributed by atoms with Crippen molar-refractivity contribution in [3.63, 3.8) is 0 Å². The molecule has 6 nitrogen and oxygen atoms in total. The van der Waals surface area contributed by atoms with Crippen molar-refractivity contribution in [1.29, 1.82) is 0 Å². The molecule has 4 N–H and O–H groups in total. The van der Waals surface area contributed by atoms with Crippen LogP contribution >= 0.6 is 0 Å². The molecule has 0 amide bonds. The molecule has 1 heterocycles. The number of amidine groups is 1. The SMILES string of the molecule is N/C(CNCCCn1cccn1)=N/O. The maximum Gasteiger partial charge on any atom is 0.153 e. The molecule has 0 aliphatic rings. The number of aryl methyl sites for hydroxylation is 1. The third-order valence-electron chi connectivity index (χ3n) is 1.73. The van der Waals surface area contributed by atoms with Crippen LogP contribution in [0, 0.1) is 0 Å². The number of hydrogen-bond acceptors (Lipinski definition) is 4. The summed E-state index contributed by atoms with van der Waals surface area (Å²) in [6.45, 7) is 2.10. The molecule has 0 unspecified atom stereocenters. The number of oxime groups is 1.